The zero-order valence-corrected chi connectivity index (χ0v) is 30.1. The van der Waals surface area contributed by atoms with E-state index < -0.39 is 35.2 Å². The number of aliphatic hydroxyl groups excluding tert-OH is 1. The fourth-order valence-corrected chi connectivity index (χ4v) is 7.93. The van der Waals surface area contributed by atoms with Gasteiger partial charge in [-0.15, -0.1) is 0 Å². The third-order valence-electron chi connectivity index (χ3n) is 11.3. The number of esters is 1. The summed E-state index contributed by atoms with van der Waals surface area (Å²) in [7, 11) is 0. The molecule has 9 heteroatoms. The molecule has 9 nitrogen and oxygen atoms in total. The predicted molar refractivity (Wildman–Crippen MR) is 181 cm³/mol. The predicted octanol–water partition coefficient (Wildman–Crippen LogP) is 6.84. The quantitative estimate of drug-likeness (QED) is 0.128. The first-order chi connectivity index (χ1) is 22.1. The Morgan fingerprint density at radius 1 is 1.09 bits per heavy atom. The lowest BCUT2D eigenvalue weighted by Gasteiger charge is -2.47. The van der Waals surface area contributed by atoms with E-state index in [1.807, 2.05) is 34.6 Å². The van der Waals surface area contributed by atoms with Crippen molar-refractivity contribution in [3.05, 3.63) is 28.8 Å². The second kappa shape index (κ2) is 16.4. The van der Waals surface area contributed by atoms with Gasteiger partial charge < -0.3 is 29.5 Å². The third-order valence-corrected chi connectivity index (χ3v) is 11.3. The number of aliphatic hydroxyl groups is 2. The van der Waals surface area contributed by atoms with Gasteiger partial charge in [0.2, 0.25) is 0 Å². The van der Waals surface area contributed by atoms with E-state index >= 15 is 0 Å². The molecule has 0 amide bonds. The van der Waals surface area contributed by atoms with E-state index in [9.17, 15) is 29.7 Å². The van der Waals surface area contributed by atoms with Crippen LogP contribution < -0.4 is 4.74 Å². The Hall–Kier alpha value is -2.33. The summed E-state index contributed by atoms with van der Waals surface area (Å²) in [5, 5.41) is 32.4. The normalized spacial score (nSPS) is 30.4. The van der Waals surface area contributed by atoms with E-state index in [1.54, 1.807) is 26.0 Å². The summed E-state index contributed by atoms with van der Waals surface area (Å²) in [6.45, 7) is 17.3. The molecule has 10 unspecified atom stereocenters. The molecule has 3 rings (SSSR count). The van der Waals surface area contributed by atoms with E-state index in [-0.39, 0.29) is 59.6 Å². The first-order valence-corrected chi connectivity index (χ1v) is 17.9. The first kappa shape index (κ1) is 39.1. The van der Waals surface area contributed by atoms with Gasteiger partial charge in [-0.05, 0) is 94.6 Å². The van der Waals surface area contributed by atoms with E-state index in [4.69, 9.17) is 14.2 Å². The van der Waals surface area contributed by atoms with Crippen molar-refractivity contribution in [2.45, 2.75) is 162 Å². The zero-order chi connectivity index (χ0) is 35.3. The highest BCUT2D eigenvalue weighted by Gasteiger charge is 2.55. The van der Waals surface area contributed by atoms with Crippen molar-refractivity contribution in [2.75, 3.05) is 0 Å². The van der Waals surface area contributed by atoms with E-state index in [0.717, 1.165) is 12.8 Å². The molecule has 2 fully saturated rings. The molecule has 10 atom stereocenters. The Balaban J connectivity index is 1.71. The van der Waals surface area contributed by atoms with E-state index in [0.29, 0.717) is 56.1 Å². The molecule has 2 aliphatic heterocycles. The van der Waals surface area contributed by atoms with Crippen LogP contribution in [-0.2, 0) is 25.5 Å². The number of ether oxygens (including phenoxy) is 3. The maximum Gasteiger partial charge on any atom is 0.339 e. The lowest BCUT2D eigenvalue weighted by molar-refractivity contribution is -0.229. The maximum absolute atomic E-state index is 14.0. The summed E-state index contributed by atoms with van der Waals surface area (Å²) >= 11 is 0. The molecular formula is C38H60O9. The Morgan fingerprint density at radius 2 is 1.77 bits per heavy atom. The molecule has 0 aliphatic carbocycles. The highest BCUT2D eigenvalue weighted by molar-refractivity contribution is 5.94. The minimum Gasteiger partial charge on any atom is -0.478 e. The van der Waals surface area contributed by atoms with Crippen molar-refractivity contribution in [1.29, 1.82) is 0 Å². The average Bonchev–Trinajstić information content (AvgIpc) is 3.38. The lowest BCUT2D eigenvalue weighted by Crippen LogP contribution is -2.55. The van der Waals surface area contributed by atoms with Crippen molar-refractivity contribution in [3.8, 4) is 5.75 Å². The summed E-state index contributed by atoms with van der Waals surface area (Å²) in [6, 6.07) is 3.48. The highest BCUT2D eigenvalue weighted by atomic mass is 16.6. The number of carbonyl (C=O) groups is 3. The number of benzene rings is 1. The van der Waals surface area contributed by atoms with Crippen molar-refractivity contribution >= 4 is 17.7 Å². The van der Waals surface area contributed by atoms with Crippen LogP contribution in [0, 0.1) is 30.6 Å². The number of carboxylic acids is 1. The molecule has 266 valence electrons. The molecule has 0 saturated carbocycles. The van der Waals surface area contributed by atoms with Crippen LogP contribution in [0.1, 0.15) is 135 Å². The fourth-order valence-electron chi connectivity index (χ4n) is 7.93. The van der Waals surface area contributed by atoms with Crippen molar-refractivity contribution in [3.63, 3.8) is 0 Å². The lowest BCUT2D eigenvalue weighted by atomic mass is 9.76. The van der Waals surface area contributed by atoms with Gasteiger partial charge in [-0.2, -0.15) is 0 Å². The molecule has 1 aromatic rings. The number of rotatable bonds is 16. The van der Waals surface area contributed by atoms with E-state index in [1.165, 1.54) is 0 Å². The van der Waals surface area contributed by atoms with Gasteiger partial charge >= 0.3 is 11.9 Å². The maximum atomic E-state index is 14.0. The second-order valence-corrected chi connectivity index (χ2v) is 14.4. The van der Waals surface area contributed by atoms with Gasteiger partial charge in [0.1, 0.15) is 17.1 Å². The second-order valence-electron chi connectivity index (χ2n) is 14.4. The standard InChI is InChI=1S/C38H60O9/c1-10-14-30(39)46-35-23(6)16-18-27(31(35)36(42)43)17-15-22(5)32(40)25(8)33(41)28(11-2)34-24(7)21-38(13-4,47-34)29-19-20-37(44,12-3)26(9)45-29/h16,18,22,24-26,28-29,32,34,40,44H,10-15,17,19-21H2,1-9H3,(H,42,43). The smallest absolute Gasteiger partial charge is 0.339 e. The van der Waals surface area contributed by atoms with Crippen molar-refractivity contribution in [1.82, 2.24) is 0 Å². The zero-order valence-electron chi connectivity index (χ0n) is 30.1. The van der Waals surface area contributed by atoms with Crippen molar-refractivity contribution in [2.24, 2.45) is 23.7 Å². The number of ketones is 1. The van der Waals surface area contributed by atoms with Gasteiger partial charge in [-0.25, -0.2) is 4.79 Å². The Bertz CT molecular complexity index is 1250. The van der Waals surface area contributed by atoms with Gasteiger partial charge in [0, 0.05) is 18.3 Å². The summed E-state index contributed by atoms with van der Waals surface area (Å²) < 4.78 is 18.8. The van der Waals surface area contributed by atoms with Gasteiger partial charge in [0.25, 0.3) is 0 Å². The number of carbonyl (C=O) groups excluding carboxylic acids is 2. The van der Waals surface area contributed by atoms with Crippen LogP contribution in [0.3, 0.4) is 0 Å². The van der Waals surface area contributed by atoms with Crippen LogP contribution in [0.4, 0.5) is 0 Å². The molecule has 47 heavy (non-hydrogen) atoms. The number of Topliss-reactive ketones (excluding diaryl/α,β-unsaturated/α-hetero) is 1. The highest BCUT2D eigenvalue weighted by Crippen LogP contribution is 2.48. The molecule has 1 aromatic carbocycles. The summed E-state index contributed by atoms with van der Waals surface area (Å²) in [4.78, 5) is 38.5. The third kappa shape index (κ3) is 8.46. The molecule has 2 saturated heterocycles. The molecule has 0 aromatic heterocycles. The molecular weight excluding hydrogens is 600 g/mol. The Kier molecular flexibility index (Phi) is 13.6. The first-order valence-electron chi connectivity index (χ1n) is 17.9. The van der Waals surface area contributed by atoms with Gasteiger partial charge in [-0.1, -0.05) is 60.6 Å². The molecule has 0 bridgehead atoms. The average molecular weight is 661 g/mol. The Morgan fingerprint density at radius 3 is 2.32 bits per heavy atom. The summed E-state index contributed by atoms with van der Waals surface area (Å²) in [6.07, 6.45) is 3.95. The monoisotopic (exact) mass is 660 g/mol. The molecule has 0 spiro atoms. The largest absolute Gasteiger partial charge is 0.478 e. The summed E-state index contributed by atoms with van der Waals surface area (Å²) in [5.41, 5.74) is -0.314. The topological polar surface area (TPSA) is 140 Å². The van der Waals surface area contributed by atoms with Crippen LogP contribution in [0.25, 0.3) is 0 Å². The van der Waals surface area contributed by atoms with Crippen LogP contribution >= 0.6 is 0 Å². The minimum atomic E-state index is -1.17. The van der Waals surface area contributed by atoms with Crippen LogP contribution in [-0.4, -0.2) is 68.7 Å². The SMILES string of the molecule is CCCC(=O)Oc1c(C)ccc(CCC(C)C(O)C(C)C(=O)C(CC)C2OC(CC)(C3CCC(O)(CC)C(C)O3)CC2C)c1C(=O)O. The molecule has 2 heterocycles. The number of carboxylic acid groups (broad SMARTS) is 1. The van der Waals surface area contributed by atoms with Gasteiger partial charge in [0.15, 0.2) is 0 Å². The van der Waals surface area contributed by atoms with Gasteiger partial charge in [0.05, 0.1) is 35.6 Å². The van der Waals surface area contributed by atoms with Gasteiger partial charge in [-0.3, -0.25) is 9.59 Å². The van der Waals surface area contributed by atoms with Crippen LogP contribution in [0.5, 0.6) is 5.75 Å². The van der Waals surface area contributed by atoms with Crippen LogP contribution in [0.15, 0.2) is 12.1 Å². The molecule has 0 radical (unpaired) electrons. The number of aromatic carboxylic acids is 1. The molecule has 3 N–H and O–H groups in total. The summed E-state index contributed by atoms with van der Waals surface area (Å²) in [5.74, 6) is -2.82. The van der Waals surface area contributed by atoms with E-state index in [2.05, 4.69) is 13.8 Å². The number of aryl methyl sites for hydroxylation is 2. The number of hydrogen-bond acceptors (Lipinski definition) is 8. The minimum absolute atomic E-state index is 0.0272. The Labute approximate surface area is 281 Å². The molecule has 2 aliphatic rings. The van der Waals surface area contributed by atoms with Crippen molar-refractivity contribution < 1.29 is 43.9 Å². The fraction of sp³-hybridized carbons (Fsp3) is 0.763. The number of hydrogen-bond donors (Lipinski definition) is 3. The van der Waals surface area contributed by atoms with Crippen LogP contribution in [0.2, 0.25) is 0 Å².